The maximum absolute atomic E-state index is 12.3. The molecule has 0 bridgehead atoms. The molecule has 0 aromatic carbocycles. The van der Waals surface area contributed by atoms with Crippen LogP contribution >= 0.6 is 11.3 Å². The summed E-state index contributed by atoms with van der Waals surface area (Å²) in [5.74, 6) is 0.0968. The highest BCUT2D eigenvalue weighted by atomic mass is 32.1. The number of aromatic nitrogens is 4. The Bertz CT molecular complexity index is 942. The highest BCUT2D eigenvalue weighted by Gasteiger charge is 2.19. The van der Waals surface area contributed by atoms with E-state index in [4.69, 9.17) is 0 Å². The van der Waals surface area contributed by atoms with Crippen LogP contribution in [-0.2, 0) is 6.54 Å². The van der Waals surface area contributed by atoms with Gasteiger partial charge in [0.25, 0.3) is 11.5 Å². The third-order valence-corrected chi connectivity index (χ3v) is 4.64. The van der Waals surface area contributed by atoms with Crippen molar-refractivity contribution in [1.82, 2.24) is 25.1 Å². The van der Waals surface area contributed by atoms with E-state index in [-0.39, 0.29) is 18.0 Å². The molecular formula is C14H14FN5O2S. The monoisotopic (exact) mass is 335 g/mol. The number of amides is 1. The first kappa shape index (κ1) is 15.3. The molecule has 9 heteroatoms. The van der Waals surface area contributed by atoms with Crippen LogP contribution < -0.4 is 10.9 Å². The number of nitrogens with one attached hydrogen (secondary N) is 2. The number of carbonyl (C=O) groups is 1. The van der Waals surface area contributed by atoms with Gasteiger partial charge in [-0.25, -0.2) is 9.37 Å². The molecule has 0 saturated heterocycles. The number of H-pyrrole nitrogens is 1. The number of rotatable bonds is 4. The number of hydrogen-bond donors (Lipinski definition) is 2. The van der Waals surface area contributed by atoms with E-state index >= 15 is 0 Å². The minimum absolute atomic E-state index is 0.144. The minimum Gasteiger partial charge on any atom is -0.354 e. The first-order valence-corrected chi connectivity index (χ1v) is 7.71. The third kappa shape index (κ3) is 2.63. The van der Waals surface area contributed by atoms with Crippen LogP contribution in [0.15, 0.2) is 17.2 Å². The molecule has 0 unspecified atom stereocenters. The molecule has 0 atom stereocenters. The molecule has 3 rings (SSSR count). The number of aryl methyl sites for hydroxylation is 2. The molecule has 0 aliphatic carbocycles. The summed E-state index contributed by atoms with van der Waals surface area (Å²) in [6, 6.07) is 0. The molecule has 0 aliphatic rings. The topological polar surface area (TPSA) is 92.7 Å². The van der Waals surface area contributed by atoms with Crippen molar-refractivity contribution < 1.29 is 9.18 Å². The van der Waals surface area contributed by atoms with E-state index in [2.05, 4.69) is 20.4 Å². The Morgan fingerprint density at radius 1 is 1.52 bits per heavy atom. The molecule has 3 aromatic rings. The zero-order valence-corrected chi connectivity index (χ0v) is 13.3. The lowest BCUT2D eigenvalue weighted by atomic mass is 10.2. The zero-order chi connectivity index (χ0) is 16.6. The molecule has 1 amide bonds. The molecule has 23 heavy (non-hydrogen) atoms. The number of alkyl halides is 1. The van der Waals surface area contributed by atoms with Gasteiger partial charge in [0.05, 0.1) is 28.6 Å². The van der Waals surface area contributed by atoms with Gasteiger partial charge in [0.2, 0.25) is 0 Å². The summed E-state index contributed by atoms with van der Waals surface area (Å²) in [6.07, 6.45) is 3.13. The summed E-state index contributed by atoms with van der Waals surface area (Å²) < 4.78 is 13.8. The molecule has 0 spiro atoms. The lowest BCUT2D eigenvalue weighted by molar-refractivity contribution is 0.0966. The highest BCUT2D eigenvalue weighted by molar-refractivity contribution is 7.20. The fourth-order valence-corrected chi connectivity index (χ4v) is 3.43. The number of fused-ring (bicyclic) bond motifs is 1. The van der Waals surface area contributed by atoms with Crippen LogP contribution in [0.1, 0.15) is 15.2 Å². The smallest absolute Gasteiger partial charge is 0.261 e. The average molecular weight is 335 g/mol. The summed E-state index contributed by atoms with van der Waals surface area (Å²) in [5, 5.41) is 6.97. The van der Waals surface area contributed by atoms with Crippen molar-refractivity contribution >= 4 is 27.5 Å². The molecule has 0 radical (unpaired) electrons. The van der Waals surface area contributed by atoms with Gasteiger partial charge < -0.3 is 10.3 Å². The second-order valence-corrected chi connectivity index (χ2v) is 5.91. The van der Waals surface area contributed by atoms with Gasteiger partial charge in [0, 0.05) is 13.2 Å². The van der Waals surface area contributed by atoms with Crippen LogP contribution in [0.5, 0.6) is 0 Å². The Kier molecular flexibility index (Phi) is 3.95. The standard InChI is InChI=1S/C14H14FN5O2S/c1-7-9-12(21)18-11(8-5-17-20(6-8)4-3-15)19-14(9)23-10(7)13(22)16-2/h5-6H,3-4H2,1-2H3,(H,16,22)(H,18,19,21). The Morgan fingerprint density at radius 2 is 2.30 bits per heavy atom. The molecule has 7 nitrogen and oxygen atoms in total. The van der Waals surface area contributed by atoms with Crippen molar-refractivity contribution in [2.24, 2.45) is 0 Å². The molecule has 3 heterocycles. The van der Waals surface area contributed by atoms with E-state index in [1.54, 1.807) is 13.1 Å². The van der Waals surface area contributed by atoms with Crippen molar-refractivity contribution in [3.63, 3.8) is 0 Å². The van der Waals surface area contributed by atoms with Gasteiger partial charge in [-0.2, -0.15) is 5.10 Å². The lowest BCUT2D eigenvalue weighted by Gasteiger charge is -1.98. The van der Waals surface area contributed by atoms with E-state index in [9.17, 15) is 14.0 Å². The van der Waals surface area contributed by atoms with Crippen molar-refractivity contribution in [2.45, 2.75) is 13.5 Å². The second kappa shape index (κ2) is 5.92. The number of nitrogens with zero attached hydrogens (tertiary/aromatic N) is 3. The van der Waals surface area contributed by atoms with E-state index in [0.29, 0.717) is 32.0 Å². The van der Waals surface area contributed by atoms with E-state index in [1.807, 2.05) is 0 Å². The number of halogens is 1. The van der Waals surface area contributed by atoms with E-state index in [1.165, 1.54) is 29.3 Å². The van der Waals surface area contributed by atoms with Gasteiger partial charge in [-0.3, -0.25) is 14.3 Å². The predicted molar refractivity (Wildman–Crippen MR) is 85.6 cm³/mol. The molecular weight excluding hydrogens is 321 g/mol. The Morgan fingerprint density at radius 3 is 3.00 bits per heavy atom. The largest absolute Gasteiger partial charge is 0.354 e. The van der Waals surface area contributed by atoms with Crippen molar-refractivity contribution in [3.8, 4) is 11.4 Å². The maximum Gasteiger partial charge on any atom is 0.261 e. The van der Waals surface area contributed by atoms with Crippen LogP contribution in [0.3, 0.4) is 0 Å². The second-order valence-electron chi connectivity index (χ2n) is 4.91. The molecule has 3 aromatic heterocycles. The zero-order valence-electron chi connectivity index (χ0n) is 12.5. The predicted octanol–water partition coefficient (Wildman–Crippen LogP) is 1.49. The lowest BCUT2D eigenvalue weighted by Crippen LogP contribution is -2.17. The number of hydrogen-bond acceptors (Lipinski definition) is 5. The molecule has 0 saturated carbocycles. The fraction of sp³-hybridized carbons (Fsp3) is 0.286. The Hall–Kier alpha value is -2.55. The summed E-state index contributed by atoms with van der Waals surface area (Å²) in [5.41, 5.74) is 0.884. The fourth-order valence-electron chi connectivity index (χ4n) is 2.31. The number of thiophene rings is 1. The van der Waals surface area contributed by atoms with Crippen LogP contribution in [0, 0.1) is 6.92 Å². The Labute approximate surface area is 134 Å². The van der Waals surface area contributed by atoms with Gasteiger partial charge in [0.15, 0.2) is 0 Å². The first-order valence-electron chi connectivity index (χ1n) is 6.89. The van der Waals surface area contributed by atoms with E-state index < -0.39 is 6.67 Å². The highest BCUT2D eigenvalue weighted by Crippen LogP contribution is 2.28. The minimum atomic E-state index is -0.524. The third-order valence-electron chi connectivity index (χ3n) is 3.45. The number of carbonyl (C=O) groups excluding carboxylic acids is 1. The van der Waals surface area contributed by atoms with Gasteiger partial charge in [-0.1, -0.05) is 0 Å². The summed E-state index contributed by atoms with van der Waals surface area (Å²) in [7, 11) is 1.54. The van der Waals surface area contributed by atoms with Crippen molar-refractivity contribution in [2.75, 3.05) is 13.7 Å². The van der Waals surface area contributed by atoms with E-state index in [0.717, 1.165) is 0 Å². The summed E-state index contributed by atoms with van der Waals surface area (Å²) in [6.45, 7) is 1.34. The number of aromatic amines is 1. The average Bonchev–Trinajstić information content (AvgIpc) is 3.12. The molecule has 0 aliphatic heterocycles. The molecule has 120 valence electrons. The van der Waals surface area contributed by atoms with Crippen LogP contribution in [0.25, 0.3) is 21.6 Å². The van der Waals surface area contributed by atoms with Gasteiger partial charge in [0.1, 0.15) is 17.3 Å². The SMILES string of the molecule is CNC(=O)c1sc2nc(-c3cnn(CCF)c3)[nH]c(=O)c2c1C. The molecule has 2 N–H and O–H groups in total. The van der Waals surface area contributed by atoms with Crippen LogP contribution in [0.2, 0.25) is 0 Å². The first-order chi connectivity index (χ1) is 11.0. The van der Waals surface area contributed by atoms with Gasteiger partial charge in [-0.05, 0) is 12.5 Å². The van der Waals surface area contributed by atoms with Gasteiger partial charge >= 0.3 is 0 Å². The van der Waals surface area contributed by atoms with Crippen molar-refractivity contribution in [1.29, 1.82) is 0 Å². The quantitative estimate of drug-likeness (QED) is 0.755. The Balaban J connectivity index is 2.13. The maximum atomic E-state index is 12.3. The summed E-state index contributed by atoms with van der Waals surface area (Å²) >= 11 is 1.17. The molecule has 0 fully saturated rings. The van der Waals surface area contributed by atoms with Gasteiger partial charge in [-0.15, -0.1) is 11.3 Å². The normalized spacial score (nSPS) is 11.1. The van der Waals surface area contributed by atoms with Crippen molar-refractivity contribution in [3.05, 3.63) is 33.2 Å². The summed E-state index contributed by atoms with van der Waals surface area (Å²) in [4.78, 5) is 32.3. The van der Waals surface area contributed by atoms with Crippen LogP contribution in [0.4, 0.5) is 4.39 Å². The van der Waals surface area contributed by atoms with Crippen LogP contribution in [-0.4, -0.2) is 39.4 Å².